The second-order valence-electron chi connectivity index (χ2n) is 3.51. The largest absolute Gasteiger partial charge is 0.398 e. The Bertz CT molecular complexity index is 468. The van der Waals surface area contributed by atoms with Gasteiger partial charge >= 0.3 is 6.03 Å². The minimum absolute atomic E-state index is 0.264. The van der Waals surface area contributed by atoms with Crippen molar-refractivity contribution in [1.82, 2.24) is 10.6 Å². The first kappa shape index (κ1) is 14.3. The van der Waals surface area contributed by atoms with Gasteiger partial charge in [-0.1, -0.05) is 0 Å². The Hall–Kier alpha value is -1.76. The smallest absolute Gasteiger partial charge is 0.321 e. The van der Waals surface area contributed by atoms with Crippen LogP contribution in [0.25, 0.3) is 0 Å². The number of thioether (sulfide) groups is 1. The highest BCUT2D eigenvalue weighted by Crippen LogP contribution is 2.29. The standard InChI is InChI=1S/C11H14FN3O2S/c1-6(10(16)15-11(17)14-2)18-9-4-3-7(12)5-8(9)13/h3-6H,13H2,1-2H3,(H2,14,15,16,17). The van der Waals surface area contributed by atoms with Gasteiger partial charge in [-0.05, 0) is 25.1 Å². The lowest BCUT2D eigenvalue weighted by Crippen LogP contribution is -2.41. The summed E-state index contributed by atoms with van der Waals surface area (Å²) in [5.74, 6) is -0.873. The number of carbonyl (C=O) groups excluding carboxylic acids is 2. The average molecular weight is 271 g/mol. The van der Waals surface area contributed by atoms with Gasteiger partial charge in [0.2, 0.25) is 5.91 Å². The first-order valence-electron chi connectivity index (χ1n) is 5.18. The number of nitrogens with two attached hydrogens (primary N) is 1. The summed E-state index contributed by atoms with van der Waals surface area (Å²) in [6.45, 7) is 1.63. The van der Waals surface area contributed by atoms with Crippen molar-refractivity contribution in [3.8, 4) is 0 Å². The van der Waals surface area contributed by atoms with Crippen LogP contribution in [0.2, 0.25) is 0 Å². The number of halogens is 1. The maximum absolute atomic E-state index is 12.8. The number of hydrogen-bond donors (Lipinski definition) is 3. The summed E-state index contributed by atoms with van der Waals surface area (Å²) in [5.41, 5.74) is 5.89. The highest BCUT2D eigenvalue weighted by Gasteiger charge is 2.17. The van der Waals surface area contributed by atoms with Crippen LogP contribution in [-0.4, -0.2) is 24.2 Å². The quantitative estimate of drug-likeness (QED) is 0.572. The summed E-state index contributed by atoms with van der Waals surface area (Å²) in [6.07, 6.45) is 0. The third-order valence-corrected chi connectivity index (χ3v) is 3.30. The van der Waals surface area contributed by atoms with Crippen molar-refractivity contribution in [1.29, 1.82) is 0 Å². The van der Waals surface area contributed by atoms with E-state index in [1.807, 2.05) is 0 Å². The topological polar surface area (TPSA) is 84.2 Å². The number of nitrogen functional groups attached to an aromatic ring is 1. The molecule has 0 saturated carbocycles. The molecule has 0 aliphatic heterocycles. The molecular formula is C11H14FN3O2S. The summed E-state index contributed by atoms with van der Waals surface area (Å²) in [6, 6.07) is 3.38. The van der Waals surface area contributed by atoms with Crippen molar-refractivity contribution in [3.63, 3.8) is 0 Å². The zero-order valence-corrected chi connectivity index (χ0v) is 10.8. The lowest BCUT2D eigenvalue weighted by molar-refractivity contribution is -0.119. The normalized spacial score (nSPS) is 11.7. The van der Waals surface area contributed by atoms with E-state index in [0.29, 0.717) is 4.90 Å². The van der Waals surface area contributed by atoms with E-state index in [1.54, 1.807) is 6.92 Å². The Morgan fingerprint density at radius 1 is 1.44 bits per heavy atom. The molecule has 0 spiro atoms. The van der Waals surface area contributed by atoms with Gasteiger partial charge in [0.05, 0.1) is 5.25 Å². The van der Waals surface area contributed by atoms with Crippen LogP contribution in [0.5, 0.6) is 0 Å². The molecule has 0 bridgehead atoms. The van der Waals surface area contributed by atoms with Crippen LogP contribution in [-0.2, 0) is 4.79 Å². The highest BCUT2D eigenvalue weighted by molar-refractivity contribution is 8.00. The molecule has 1 unspecified atom stereocenters. The molecule has 0 aliphatic rings. The number of hydrogen-bond acceptors (Lipinski definition) is 4. The number of anilines is 1. The minimum atomic E-state index is -0.570. The van der Waals surface area contributed by atoms with E-state index in [2.05, 4.69) is 10.6 Å². The Balaban J connectivity index is 2.66. The number of benzene rings is 1. The van der Waals surface area contributed by atoms with Gasteiger partial charge < -0.3 is 11.1 Å². The molecule has 1 aromatic carbocycles. The van der Waals surface area contributed by atoms with Crippen molar-refractivity contribution in [2.45, 2.75) is 17.1 Å². The fourth-order valence-electron chi connectivity index (χ4n) is 1.15. The summed E-state index contributed by atoms with van der Waals surface area (Å²) >= 11 is 1.16. The molecule has 0 aliphatic carbocycles. The van der Waals surface area contributed by atoms with Gasteiger partial charge in [-0.3, -0.25) is 10.1 Å². The molecule has 98 valence electrons. The molecule has 1 rings (SSSR count). The summed E-state index contributed by atoms with van der Waals surface area (Å²) < 4.78 is 12.8. The molecule has 3 amide bonds. The van der Waals surface area contributed by atoms with Crippen molar-refractivity contribution in [2.24, 2.45) is 0 Å². The summed E-state index contributed by atoms with van der Waals surface area (Å²) in [7, 11) is 1.42. The predicted molar refractivity (Wildman–Crippen MR) is 68.7 cm³/mol. The number of imide groups is 1. The summed E-state index contributed by atoms with van der Waals surface area (Å²) in [5, 5.41) is 3.92. The number of nitrogens with one attached hydrogen (secondary N) is 2. The van der Waals surface area contributed by atoms with Gasteiger partial charge in [-0.2, -0.15) is 0 Å². The van der Waals surface area contributed by atoms with E-state index >= 15 is 0 Å². The lowest BCUT2D eigenvalue weighted by Gasteiger charge is -2.12. The molecule has 0 heterocycles. The molecule has 1 atom stereocenters. The molecule has 7 heteroatoms. The van der Waals surface area contributed by atoms with Crippen molar-refractivity contribution in [2.75, 3.05) is 12.8 Å². The van der Waals surface area contributed by atoms with Crippen LogP contribution in [0.4, 0.5) is 14.9 Å². The van der Waals surface area contributed by atoms with Crippen molar-refractivity contribution >= 4 is 29.4 Å². The Labute approximate surface area is 108 Å². The van der Waals surface area contributed by atoms with Crippen molar-refractivity contribution < 1.29 is 14.0 Å². The van der Waals surface area contributed by atoms with Crippen LogP contribution in [0.15, 0.2) is 23.1 Å². The lowest BCUT2D eigenvalue weighted by atomic mass is 10.3. The van der Waals surface area contributed by atoms with Gasteiger partial charge in [0, 0.05) is 17.6 Å². The predicted octanol–water partition coefficient (Wildman–Crippen LogP) is 1.34. The number of carbonyl (C=O) groups is 2. The number of rotatable bonds is 3. The number of amides is 3. The third kappa shape index (κ3) is 3.92. The van der Waals surface area contributed by atoms with Gasteiger partial charge in [-0.25, -0.2) is 9.18 Å². The number of urea groups is 1. The first-order chi connectivity index (χ1) is 8.43. The zero-order chi connectivity index (χ0) is 13.7. The maximum atomic E-state index is 12.8. The Morgan fingerprint density at radius 2 is 2.11 bits per heavy atom. The van der Waals surface area contributed by atoms with Gasteiger partial charge in [-0.15, -0.1) is 11.8 Å². The van der Waals surface area contributed by atoms with Crippen molar-refractivity contribution in [3.05, 3.63) is 24.0 Å². The molecule has 18 heavy (non-hydrogen) atoms. The molecule has 5 nitrogen and oxygen atoms in total. The monoisotopic (exact) mass is 271 g/mol. The second-order valence-corrected chi connectivity index (χ2v) is 4.89. The SMILES string of the molecule is CNC(=O)NC(=O)C(C)Sc1ccc(F)cc1N. The second kappa shape index (κ2) is 6.25. The maximum Gasteiger partial charge on any atom is 0.321 e. The van der Waals surface area contributed by atoms with E-state index in [1.165, 1.54) is 25.2 Å². The molecular weight excluding hydrogens is 257 g/mol. The van der Waals surface area contributed by atoms with Gasteiger partial charge in [0.1, 0.15) is 5.82 Å². The van der Waals surface area contributed by atoms with Crippen LogP contribution >= 0.6 is 11.8 Å². The molecule has 0 radical (unpaired) electrons. The molecule has 0 fully saturated rings. The van der Waals surface area contributed by atoms with E-state index in [-0.39, 0.29) is 5.69 Å². The van der Waals surface area contributed by atoms with Crippen LogP contribution in [0.1, 0.15) is 6.92 Å². The zero-order valence-electron chi connectivity index (χ0n) is 9.99. The first-order valence-corrected chi connectivity index (χ1v) is 6.06. The van der Waals surface area contributed by atoms with Crippen LogP contribution < -0.4 is 16.4 Å². The Morgan fingerprint density at radius 3 is 2.67 bits per heavy atom. The van der Waals surface area contributed by atoms with Crippen LogP contribution in [0, 0.1) is 5.82 Å². The fraction of sp³-hybridized carbons (Fsp3) is 0.273. The van der Waals surface area contributed by atoms with E-state index in [9.17, 15) is 14.0 Å². The van der Waals surface area contributed by atoms with Gasteiger partial charge in [0.25, 0.3) is 0 Å². The van der Waals surface area contributed by atoms with E-state index in [4.69, 9.17) is 5.73 Å². The minimum Gasteiger partial charge on any atom is -0.398 e. The average Bonchev–Trinajstić information content (AvgIpc) is 2.32. The highest BCUT2D eigenvalue weighted by atomic mass is 32.2. The van der Waals surface area contributed by atoms with E-state index in [0.717, 1.165) is 11.8 Å². The molecule has 1 aromatic rings. The van der Waals surface area contributed by atoms with Gasteiger partial charge in [0.15, 0.2) is 0 Å². The molecule has 4 N–H and O–H groups in total. The van der Waals surface area contributed by atoms with E-state index < -0.39 is 23.0 Å². The fourth-order valence-corrected chi connectivity index (χ4v) is 2.04. The molecule has 0 aromatic heterocycles. The molecule has 0 saturated heterocycles. The Kier molecular flexibility index (Phi) is 4.96. The summed E-state index contributed by atoms with van der Waals surface area (Å²) in [4.78, 5) is 23.1. The third-order valence-electron chi connectivity index (χ3n) is 2.11. The van der Waals surface area contributed by atoms with Crippen LogP contribution in [0.3, 0.4) is 0 Å².